The van der Waals surface area contributed by atoms with Crippen molar-refractivity contribution in [3.05, 3.63) is 54.5 Å². The smallest absolute Gasteiger partial charge is 0.316 e. The van der Waals surface area contributed by atoms with Crippen molar-refractivity contribution in [1.29, 1.82) is 0 Å². The number of H-pyrrole nitrogens is 1. The second-order valence-corrected chi connectivity index (χ2v) is 6.34. The van der Waals surface area contributed by atoms with Crippen LogP contribution in [-0.4, -0.2) is 33.0 Å². The summed E-state index contributed by atoms with van der Waals surface area (Å²) in [6.45, 7) is 0. The Labute approximate surface area is 145 Å². The molecule has 6 heteroatoms. The van der Waals surface area contributed by atoms with Crippen molar-refractivity contribution in [2.45, 2.75) is 37.8 Å². The molecule has 0 aliphatic heterocycles. The predicted octanol–water partition coefficient (Wildman–Crippen LogP) is 3.08. The van der Waals surface area contributed by atoms with Crippen LogP contribution in [0.25, 0.3) is 10.9 Å². The van der Waals surface area contributed by atoms with Crippen LogP contribution in [0.3, 0.4) is 0 Å². The van der Waals surface area contributed by atoms with Gasteiger partial charge in [-0.25, -0.2) is 9.97 Å². The van der Waals surface area contributed by atoms with Gasteiger partial charge in [0.15, 0.2) is 0 Å². The van der Waals surface area contributed by atoms with E-state index in [4.69, 9.17) is 4.74 Å². The van der Waals surface area contributed by atoms with E-state index in [-0.39, 0.29) is 18.1 Å². The lowest BCUT2D eigenvalue weighted by atomic mass is 9.92. The van der Waals surface area contributed by atoms with E-state index in [0.717, 1.165) is 36.6 Å². The van der Waals surface area contributed by atoms with E-state index in [2.05, 4.69) is 20.3 Å². The molecule has 1 aliphatic carbocycles. The third kappa shape index (κ3) is 3.47. The summed E-state index contributed by atoms with van der Waals surface area (Å²) < 4.78 is 5.80. The Bertz CT molecular complexity index is 854. The Morgan fingerprint density at radius 2 is 1.84 bits per heavy atom. The quantitative estimate of drug-likeness (QED) is 0.767. The van der Waals surface area contributed by atoms with Crippen molar-refractivity contribution in [3.8, 4) is 6.01 Å². The van der Waals surface area contributed by atoms with Crippen molar-refractivity contribution in [2.24, 2.45) is 0 Å². The monoisotopic (exact) mass is 336 g/mol. The zero-order chi connectivity index (χ0) is 17.1. The number of nitrogens with zero attached hydrogens (tertiary/aromatic N) is 2. The average Bonchev–Trinajstić information content (AvgIpc) is 3.08. The molecular formula is C19H20N4O2. The molecule has 1 amide bonds. The molecule has 0 spiro atoms. The van der Waals surface area contributed by atoms with E-state index >= 15 is 0 Å². The lowest BCUT2D eigenvalue weighted by Gasteiger charge is -2.28. The second kappa shape index (κ2) is 6.93. The number of amides is 1. The Hall–Kier alpha value is -2.89. The highest BCUT2D eigenvalue weighted by atomic mass is 16.5. The van der Waals surface area contributed by atoms with Crippen LogP contribution in [0.1, 0.15) is 36.0 Å². The van der Waals surface area contributed by atoms with Crippen molar-refractivity contribution >= 4 is 16.8 Å². The van der Waals surface area contributed by atoms with Crippen molar-refractivity contribution < 1.29 is 9.53 Å². The van der Waals surface area contributed by atoms with Crippen LogP contribution in [-0.2, 0) is 0 Å². The molecule has 4 rings (SSSR count). The van der Waals surface area contributed by atoms with Crippen molar-refractivity contribution in [1.82, 2.24) is 20.3 Å². The number of ether oxygens (including phenoxy) is 1. The molecule has 3 aromatic rings. The van der Waals surface area contributed by atoms with Gasteiger partial charge in [-0.05, 0) is 37.8 Å². The number of aromatic nitrogens is 3. The standard InChI is InChI=1S/C19H20N4O2/c24-18(16-12-22-17-5-2-1-4-15(16)17)23-13-6-8-14(9-7-13)25-19-20-10-3-11-21-19/h1-5,10-14,22H,6-9H2,(H,23,24). The second-order valence-electron chi connectivity index (χ2n) is 6.34. The summed E-state index contributed by atoms with van der Waals surface area (Å²) in [6, 6.07) is 10.2. The van der Waals surface area contributed by atoms with Gasteiger partial charge >= 0.3 is 6.01 Å². The van der Waals surface area contributed by atoms with E-state index < -0.39 is 0 Å². The normalized spacial score (nSPS) is 20.3. The maximum Gasteiger partial charge on any atom is 0.316 e. The number of nitrogens with one attached hydrogen (secondary N) is 2. The Morgan fingerprint density at radius 3 is 2.64 bits per heavy atom. The third-order valence-corrected chi connectivity index (χ3v) is 4.66. The van der Waals surface area contributed by atoms with Crippen LogP contribution >= 0.6 is 0 Å². The van der Waals surface area contributed by atoms with E-state index in [1.165, 1.54) is 0 Å². The van der Waals surface area contributed by atoms with Gasteiger partial charge in [-0.1, -0.05) is 18.2 Å². The third-order valence-electron chi connectivity index (χ3n) is 4.66. The predicted molar refractivity (Wildman–Crippen MR) is 94.5 cm³/mol. The number of rotatable bonds is 4. The average molecular weight is 336 g/mol. The molecule has 1 aliphatic rings. The molecule has 0 atom stereocenters. The maximum absolute atomic E-state index is 12.6. The Morgan fingerprint density at radius 1 is 1.08 bits per heavy atom. The minimum Gasteiger partial charge on any atom is -0.460 e. The van der Waals surface area contributed by atoms with Crippen LogP contribution in [0, 0.1) is 0 Å². The number of fused-ring (bicyclic) bond motifs is 1. The van der Waals surface area contributed by atoms with E-state index in [9.17, 15) is 4.79 Å². The van der Waals surface area contributed by atoms with Gasteiger partial charge in [0.05, 0.1) is 5.56 Å². The Kier molecular flexibility index (Phi) is 4.33. The van der Waals surface area contributed by atoms with Gasteiger partial charge in [-0.15, -0.1) is 0 Å². The first-order valence-corrected chi connectivity index (χ1v) is 8.60. The summed E-state index contributed by atoms with van der Waals surface area (Å²) in [4.78, 5) is 23.9. The van der Waals surface area contributed by atoms with E-state index in [1.807, 2.05) is 24.3 Å². The summed E-state index contributed by atoms with van der Waals surface area (Å²) in [6.07, 6.45) is 8.81. The molecule has 1 aromatic carbocycles. The SMILES string of the molecule is O=C(NC1CCC(Oc2ncccn2)CC1)c1c[nH]c2ccccc12. The number of para-hydroxylation sites is 1. The van der Waals surface area contributed by atoms with Gasteiger partial charge in [-0.2, -0.15) is 0 Å². The maximum atomic E-state index is 12.6. The molecule has 2 heterocycles. The first-order chi connectivity index (χ1) is 12.3. The molecule has 1 fully saturated rings. The molecule has 0 bridgehead atoms. The topological polar surface area (TPSA) is 79.9 Å². The van der Waals surface area contributed by atoms with Gasteiger partial charge in [0.2, 0.25) is 0 Å². The summed E-state index contributed by atoms with van der Waals surface area (Å²) in [5, 5.41) is 4.11. The highest BCUT2D eigenvalue weighted by Gasteiger charge is 2.25. The highest BCUT2D eigenvalue weighted by molar-refractivity contribution is 6.06. The number of carbonyl (C=O) groups excluding carboxylic acids is 1. The van der Waals surface area contributed by atoms with Crippen LogP contribution in [0.2, 0.25) is 0 Å². The fourth-order valence-corrected chi connectivity index (χ4v) is 3.34. The van der Waals surface area contributed by atoms with Crippen LogP contribution in [0.15, 0.2) is 48.9 Å². The largest absolute Gasteiger partial charge is 0.460 e. The molecule has 128 valence electrons. The lowest BCUT2D eigenvalue weighted by Crippen LogP contribution is -2.39. The summed E-state index contributed by atoms with van der Waals surface area (Å²) in [5.41, 5.74) is 1.68. The van der Waals surface area contributed by atoms with Crippen molar-refractivity contribution in [3.63, 3.8) is 0 Å². The molecule has 0 saturated heterocycles. The van der Waals surface area contributed by atoms with Crippen LogP contribution in [0.4, 0.5) is 0 Å². The van der Waals surface area contributed by atoms with Crippen LogP contribution < -0.4 is 10.1 Å². The number of carbonyl (C=O) groups is 1. The van der Waals surface area contributed by atoms with Crippen molar-refractivity contribution in [2.75, 3.05) is 0 Å². The van der Waals surface area contributed by atoms with Gasteiger partial charge < -0.3 is 15.0 Å². The molecule has 1 saturated carbocycles. The van der Waals surface area contributed by atoms with Gasteiger partial charge in [0.1, 0.15) is 6.10 Å². The number of aromatic amines is 1. The van der Waals surface area contributed by atoms with Gasteiger partial charge in [-0.3, -0.25) is 4.79 Å². The van der Waals surface area contributed by atoms with Gasteiger partial charge in [0.25, 0.3) is 5.91 Å². The van der Waals surface area contributed by atoms with E-state index in [0.29, 0.717) is 11.6 Å². The van der Waals surface area contributed by atoms with Crippen LogP contribution in [0.5, 0.6) is 6.01 Å². The number of benzene rings is 1. The molecule has 0 unspecified atom stereocenters. The first kappa shape index (κ1) is 15.6. The summed E-state index contributed by atoms with van der Waals surface area (Å²) in [7, 11) is 0. The fraction of sp³-hybridized carbons (Fsp3) is 0.316. The minimum atomic E-state index is -0.0202. The molecule has 0 radical (unpaired) electrons. The molecule has 25 heavy (non-hydrogen) atoms. The highest BCUT2D eigenvalue weighted by Crippen LogP contribution is 2.23. The fourth-order valence-electron chi connectivity index (χ4n) is 3.34. The van der Waals surface area contributed by atoms with E-state index in [1.54, 1.807) is 24.7 Å². The summed E-state index contributed by atoms with van der Waals surface area (Å²) in [5.74, 6) is -0.0202. The molecule has 2 N–H and O–H groups in total. The number of hydrogen-bond acceptors (Lipinski definition) is 4. The molecule has 6 nitrogen and oxygen atoms in total. The first-order valence-electron chi connectivity index (χ1n) is 8.60. The molecular weight excluding hydrogens is 316 g/mol. The van der Waals surface area contributed by atoms with Gasteiger partial charge in [0, 0.05) is 35.5 Å². The Balaban J connectivity index is 1.33. The zero-order valence-electron chi connectivity index (χ0n) is 13.8. The summed E-state index contributed by atoms with van der Waals surface area (Å²) >= 11 is 0. The molecule has 2 aromatic heterocycles. The minimum absolute atomic E-state index is 0.0202. The number of hydrogen-bond donors (Lipinski definition) is 2. The lowest BCUT2D eigenvalue weighted by molar-refractivity contribution is 0.0886. The zero-order valence-corrected chi connectivity index (χ0v) is 13.8.